The van der Waals surface area contributed by atoms with Gasteiger partial charge in [-0.05, 0) is 36.9 Å². The van der Waals surface area contributed by atoms with Gasteiger partial charge in [-0.1, -0.05) is 6.92 Å². The molecule has 0 radical (unpaired) electrons. The zero-order chi connectivity index (χ0) is 11.4. The van der Waals surface area contributed by atoms with E-state index in [2.05, 4.69) is 18.3 Å². The predicted octanol–water partition coefficient (Wildman–Crippen LogP) is 2.43. The fourth-order valence-corrected chi connectivity index (χ4v) is 2.94. The molecular weight excluding hydrogens is 210 g/mol. The fourth-order valence-electron chi connectivity index (χ4n) is 1.77. The quantitative estimate of drug-likeness (QED) is 0.812. The van der Waals surface area contributed by atoms with Crippen molar-refractivity contribution in [3.05, 3.63) is 21.9 Å². The lowest BCUT2D eigenvalue weighted by molar-refractivity contribution is -0.138. The van der Waals surface area contributed by atoms with Gasteiger partial charge in [0, 0.05) is 17.3 Å². The van der Waals surface area contributed by atoms with Gasteiger partial charge in [-0.2, -0.15) is 0 Å². The minimum absolute atomic E-state index is 0.102. The molecule has 0 aliphatic carbocycles. The van der Waals surface area contributed by atoms with Gasteiger partial charge in [-0.25, -0.2) is 0 Å². The Morgan fingerprint density at radius 3 is 2.73 bits per heavy atom. The summed E-state index contributed by atoms with van der Waals surface area (Å²) in [4.78, 5) is 11.9. The SMILES string of the molecule is CNC(c1sccc1C)C(C)CC(=O)O. The Kier molecular flexibility index (Phi) is 4.29. The second-order valence-electron chi connectivity index (χ2n) is 3.81. The Labute approximate surface area is 94.1 Å². The largest absolute Gasteiger partial charge is 0.481 e. The molecule has 0 aromatic carbocycles. The molecule has 4 heteroatoms. The number of aryl methyl sites for hydroxylation is 1. The van der Waals surface area contributed by atoms with E-state index in [1.54, 1.807) is 11.3 Å². The maximum atomic E-state index is 10.7. The minimum atomic E-state index is -0.739. The van der Waals surface area contributed by atoms with Crippen LogP contribution in [0.15, 0.2) is 11.4 Å². The van der Waals surface area contributed by atoms with Crippen LogP contribution in [0.4, 0.5) is 0 Å². The summed E-state index contributed by atoms with van der Waals surface area (Å²) in [5.41, 5.74) is 1.23. The number of aliphatic carboxylic acids is 1. The summed E-state index contributed by atoms with van der Waals surface area (Å²) in [7, 11) is 1.88. The van der Waals surface area contributed by atoms with Crippen molar-refractivity contribution >= 4 is 17.3 Å². The van der Waals surface area contributed by atoms with Crippen molar-refractivity contribution in [2.75, 3.05) is 7.05 Å². The van der Waals surface area contributed by atoms with E-state index in [0.29, 0.717) is 0 Å². The molecule has 0 aliphatic heterocycles. The summed E-state index contributed by atoms with van der Waals surface area (Å²) in [6.07, 6.45) is 0.197. The Balaban J connectivity index is 2.80. The molecule has 1 aromatic rings. The first-order chi connectivity index (χ1) is 7.06. The highest BCUT2D eigenvalue weighted by molar-refractivity contribution is 7.10. The van der Waals surface area contributed by atoms with Crippen LogP contribution in [0.5, 0.6) is 0 Å². The standard InChI is InChI=1S/C11H17NO2S/c1-7-4-5-15-11(7)10(12-3)8(2)6-9(13)14/h4-5,8,10,12H,6H2,1-3H3,(H,13,14). The Morgan fingerprint density at radius 1 is 1.67 bits per heavy atom. The molecule has 84 valence electrons. The lowest BCUT2D eigenvalue weighted by atomic mass is 9.95. The Bertz CT molecular complexity index is 335. The van der Waals surface area contributed by atoms with Crippen LogP contribution in [0.1, 0.15) is 29.8 Å². The number of nitrogens with one attached hydrogen (secondary N) is 1. The number of thiophene rings is 1. The second kappa shape index (κ2) is 5.28. The molecule has 2 N–H and O–H groups in total. The van der Waals surface area contributed by atoms with E-state index in [9.17, 15) is 4.79 Å². The van der Waals surface area contributed by atoms with Crippen molar-refractivity contribution in [3.63, 3.8) is 0 Å². The van der Waals surface area contributed by atoms with Crippen molar-refractivity contribution in [3.8, 4) is 0 Å². The van der Waals surface area contributed by atoms with Gasteiger partial charge < -0.3 is 10.4 Å². The monoisotopic (exact) mass is 227 g/mol. The van der Waals surface area contributed by atoms with Crippen molar-refractivity contribution in [1.29, 1.82) is 0 Å². The topological polar surface area (TPSA) is 49.3 Å². The number of rotatable bonds is 5. The zero-order valence-electron chi connectivity index (χ0n) is 9.28. The third kappa shape index (κ3) is 3.04. The lowest BCUT2D eigenvalue weighted by Crippen LogP contribution is -2.25. The lowest BCUT2D eigenvalue weighted by Gasteiger charge is -2.22. The third-order valence-corrected chi connectivity index (χ3v) is 3.66. The molecular formula is C11H17NO2S. The molecule has 15 heavy (non-hydrogen) atoms. The van der Waals surface area contributed by atoms with Gasteiger partial charge in [0.15, 0.2) is 0 Å². The minimum Gasteiger partial charge on any atom is -0.481 e. The predicted molar refractivity (Wildman–Crippen MR) is 62.3 cm³/mol. The highest BCUT2D eigenvalue weighted by Crippen LogP contribution is 2.30. The highest BCUT2D eigenvalue weighted by Gasteiger charge is 2.22. The van der Waals surface area contributed by atoms with Crippen LogP contribution in [0.3, 0.4) is 0 Å². The van der Waals surface area contributed by atoms with E-state index >= 15 is 0 Å². The number of carbonyl (C=O) groups is 1. The summed E-state index contributed by atoms with van der Waals surface area (Å²) in [5, 5.41) is 14.0. The first kappa shape index (κ1) is 12.2. The molecule has 2 atom stereocenters. The molecule has 0 aliphatic rings. The van der Waals surface area contributed by atoms with E-state index in [4.69, 9.17) is 5.11 Å². The summed E-state index contributed by atoms with van der Waals surface area (Å²) < 4.78 is 0. The summed E-state index contributed by atoms with van der Waals surface area (Å²) in [5.74, 6) is -0.637. The van der Waals surface area contributed by atoms with Crippen LogP contribution in [0.2, 0.25) is 0 Å². The van der Waals surface area contributed by atoms with Crippen molar-refractivity contribution in [1.82, 2.24) is 5.32 Å². The molecule has 2 unspecified atom stereocenters. The van der Waals surface area contributed by atoms with E-state index in [0.717, 1.165) is 0 Å². The van der Waals surface area contributed by atoms with Crippen LogP contribution < -0.4 is 5.32 Å². The van der Waals surface area contributed by atoms with E-state index in [1.165, 1.54) is 10.4 Å². The molecule has 1 rings (SSSR count). The van der Waals surface area contributed by atoms with Crippen LogP contribution >= 0.6 is 11.3 Å². The smallest absolute Gasteiger partial charge is 0.303 e. The van der Waals surface area contributed by atoms with E-state index in [1.807, 2.05) is 19.4 Å². The molecule has 0 fully saturated rings. The van der Waals surface area contributed by atoms with Crippen LogP contribution in [-0.4, -0.2) is 18.1 Å². The third-order valence-electron chi connectivity index (χ3n) is 2.56. The number of carboxylic acids is 1. The van der Waals surface area contributed by atoms with Gasteiger partial charge in [-0.3, -0.25) is 4.79 Å². The van der Waals surface area contributed by atoms with Crippen molar-refractivity contribution < 1.29 is 9.90 Å². The molecule has 0 amide bonds. The Hall–Kier alpha value is -0.870. The van der Waals surface area contributed by atoms with Gasteiger partial charge in [0.2, 0.25) is 0 Å². The van der Waals surface area contributed by atoms with Crippen molar-refractivity contribution in [2.45, 2.75) is 26.3 Å². The van der Waals surface area contributed by atoms with Crippen LogP contribution in [-0.2, 0) is 4.79 Å². The number of hydrogen-bond donors (Lipinski definition) is 2. The first-order valence-electron chi connectivity index (χ1n) is 4.99. The number of hydrogen-bond acceptors (Lipinski definition) is 3. The molecule has 0 bridgehead atoms. The number of carboxylic acid groups (broad SMARTS) is 1. The fraction of sp³-hybridized carbons (Fsp3) is 0.545. The zero-order valence-corrected chi connectivity index (χ0v) is 10.1. The summed E-state index contributed by atoms with van der Waals surface area (Å²) in [6.45, 7) is 4.03. The highest BCUT2D eigenvalue weighted by atomic mass is 32.1. The van der Waals surface area contributed by atoms with Gasteiger partial charge in [0.1, 0.15) is 0 Å². The van der Waals surface area contributed by atoms with Gasteiger partial charge in [-0.15, -0.1) is 11.3 Å². The van der Waals surface area contributed by atoms with Gasteiger partial charge >= 0.3 is 5.97 Å². The normalized spacial score (nSPS) is 14.9. The molecule has 3 nitrogen and oxygen atoms in total. The van der Waals surface area contributed by atoms with Crippen LogP contribution in [0.25, 0.3) is 0 Å². The Morgan fingerprint density at radius 2 is 2.33 bits per heavy atom. The van der Waals surface area contributed by atoms with Crippen molar-refractivity contribution in [2.24, 2.45) is 5.92 Å². The maximum absolute atomic E-state index is 10.7. The molecule has 0 spiro atoms. The average Bonchev–Trinajstić information content (AvgIpc) is 2.52. The maximum Gasteiger partial charge on any atom is 0.303 e. The molecule has 1 heterocycles. The first-order valence-corrected chi connectivity index (χ1v) is 5.87. The molecule has 0 saturated carbocycles. The second-order valence-corrected chi connectivity index (χ2v) is 4.76. The molecule has 1 aromatic heterocycles. The summed E-state index contributed by atoms with van der Waals surface area (Å²) in [6, 6.07) is 2.21. The van der Waals surface area contributed by atoms with E-state index in [-0.39, 0.29) is 18.4 Å². The average molecular weight is 227 g/mol. The summed E-state index contributed by atoms with van der Waals surface area (Å²) >= 11 is 1.68. The molecule has 0 saturated heterocycles. The van der Waals surface area contributed by atoms with Gasteiger partial charge in [0.05, 0.1) is 0 Å². The van der Waals surface area contributed by atoms with Gasteiger partial charge in [0.25, 0.3) is 0 Å². The van der Waals surface area contributed by atoms with Crippen LogP contribution in [0, 0.1) is 12.8 Å². The van der Waals surface area contributed by atoms with E-state index < -0.39 is 5.97 Å².